The van der Waals surface area contributed by atoms with Crippen molar-refractivity contribution < 1.29 is 23.8 Å². The van der Waals surface area contributed by atoms with E-state index in [1.165, 1.54) is 14.0 Å². The van der Waals surface area contributed by atoms with Crippen LogP contribution in [-0.4, -0.2) is 33.0 Å². The summed E-state index contributed by atoms with van der Waals surface area (Å²) in [5.41, 5.74) is 3.35. The summed E-state index contributed by atoms with van der Waals surface area (Å²) in [5, 5.41) is 3.49. The molecular weight excluding hydrogens is 420 g/mol. The van der Waals surface area contributed by atoms with Gasteiger partial charge in [0.15, 0.2) is 17.3 Å². The van der Waals surface area contributed by atoms with Crippen molar-refractivity contribution in [2.24, 2.45) is 5.41 Å². The SMILES string of the molecule is COc1ccc(C2C3=C(CC(C)(C)CC3=O)Nc3ccccc3N2C(C)=O)c(OC)c1OC. The molecule has 4 rings (SSSR count). The summed E-state index contributed by atoms with van der Waals surface area (Å²) in [6, 6.07) is 10.5. The monoisotopic (exact) mass is 450 g/mol. The van der Waals surface area contributed by atoms with Gasteiger partial charge in [0.2, 0.25) is 11.7 Å². The molecule has 1 heterocycles. The molecule has 33 heavy (non-hydrogen) atoms. The Labute approximate surface area is 194 Å². The Balaban J connectivity index is 2.07. The Kier molecular flexibility index (Phi) is 5.82. The van der Waals surface area contributed by atoms with Gasteiger partial charge in [-0.3, -0.25) is 14.5 Å². The average molecular weight is 451 g/mol. The third-order valence-electron chi connectivity index (χ3n) is 6.27. The number of methoxy groups -OCH3 is 3. The van der Waals surface area contributed by atoms with Crippen LogP contribution in [0.4, 0.5) is 11.4 Å². The number of benzene rings is 2. The van der Waals surface area contributed by atoms with E-state index in [2.05, 4.69) is 19.2 Å². The number of hydrogen-bond acceptors (Lipinski definition) is 6. The van der Waals surface area contributed by atoms with Crippen LogP contribution < -0.4 is 24.4 Å². The maximum Gasteiger partial charge on any atom is 0.224 e. The van der Waals surface area contributed by atoms with Crippen LogP contribution in [0.3, 0.4) is 0 Å². The van der Waals surface area contributed by atoms with E-state index in [1.807, 2.05) is 30.3 Å². The van der Waals surface area contributed by atoms with Crippen LogP contribution in [0.2, 0.25) is 0 Å². The fraction of sp³-hybridized carbons (Fsp3) is 0.385. The molecule has 0 saturated carbocycles. The summed E-state index contributed by atoms with van der Waals surface area (Å²) in [6.07, 6.45) is 1.07. The molecule has 1 aliphatic carbocycles. The Hall–Kier alpha value is -3.48. The summed E-state index contributed by atoms with van der Waals surface area (Å²) in [5.74, 6) is 1.17. The van der Waals surface area contributed by atoms with Crippen molar-refractivity contribution in [3.63, 3.8) is 0 Å². The lowest BCUT2D eigenvalue weighted by molar-refractivity contribution is -0.118. The number of allylic oxidation sites excluding steroid dienone is 1. The number of amides is 1. The van der Waals surface area contributed by atoms with E-state index in [-0.39, 0.29) is 17.1 Å². The van der Waals surface area contributed by atoms with Gasteiger partial charge < -0.3 is 19.5 Å². The highest BCUT2D eigenvalue weighted by atomic mass is 16.5. The number of ketones is 1. The van der Waals surface area contributed by atoms with Crippen LogP contribution in [0.5, 0.6) is 17.2 Å². The quantitative estimate of drug-likeness (QED) is 0.716. The number of fused-ring (bicyclic) bond motifs is 1. The van der Waals surface area contributed by atoms with Crippen molar-refractivity contribution >= 4 is 23.1 Å². The number of anilines is 2. The van der Waals surface area contributed by atoms with E-state index in [0.717, 1.165) is 11.4 Å². The van der Waals surface area contributed by atoms with Gasteiger partial charge in [-0.1, -0.05) is 26.0 Å². The molecule has 0 bridgehead atoms. The predicted octanol–water partition coefficient (Wildman–Crippen LogP) is 4.88. The lowest BCUT2D eigenvalue weighted by Gasteiger charge is -2.37. The van der Waals surface area contributed by atoms with Gasteiger partial charge in [-0.2, -0.15) is 0 Å². The maximum atomic E-state index is 13.6. The van der Waals surface area contributed by atoms with Crippen LogP contribution in [0.1, 0.15) is 45.2 Å². The average Bonchev–Trinajstić information content (AvgIpc) is 2.91. The largest absolute Gasteiger partial charge is 0.493 e. The Morgan fingerprint density at radius 3 is 2.33 bits per heavy atom. The number of Topliss-reactive ketones (excluding diaryl/α,β-unsaturated/α-hetero) is 1. The Morgan fingerprint density at radius 1 is 1.00 bits per heavy atom. The molecule has 7 heteroatoms. The minimum Gasteiger partial charge on any atom is -0.493 e. The molecule has 1 amide bonds. The third kappa shape index (κ3) is 3.81. The van der Waals surface area contributed by atoms with Gasteiger partial charge in [-0.05, 0) is 36.1 Å². The molecule has 7 nitrogen and oxygen atoms in total. The maximum absolute atomic E-state index is 13.6. The fourth-order valence-corrected chi connectivity index (χ4v) is 4.97. The van der Waals surface area contributed by atoms with Crippen LogP contribution in [0, 0.1) is 5.41 Å². The van der Waals surface area contributed by atoms with E-state index in [1.54, 1.807) is 25.2 Å². The van der Waals surface area contributed by atoms with Crippen molar-refractivity contribution in [1.29, 1.82) is 0 Å². The summed E-state index contributed by atoms with van der Waals surface area (Å²) >= 11 is 0. The molecule has 0 aromatic heterocycles. The lowest BCUT2D eigenvalue weighted by Crippen LogP contribution is -2.38. The molecule has 2 aromatic carbocycles. The van der Waals surface area contributed by atoms with E-state index in [4.69, 9.17) is 14.2 Å². The number of nitrogens with one attached hydrogen (secondary N) is 1. The minimum atomic E-state index is -0.688. The molecule has 2 aliphatic rings. The Morgan fingerprint density at radius 2 is 1.70 bits per heavy atom. The van der Waals surface area contributed by atoms with Gasteiger partial charge >= 0.3 is 0 Å². The van der Waals surface area contributed by atoms with Crippen molar-refractivity contribution in [3.8, 4) is 17.2 Å². The highest BCUT2D eigenvalue weighted by molar-refractivity contribution is 6.06. The molecule has 0 radical (unpaired) electrons. The first-order valence-electron chi connectivity index (χ1n) is 10.9. The standard InChI is InChI=1S/C26H30N2O5/c1-15(29)28-19-10-8-7-9-17(19)27-18-13-26(2,3)14-20(30)22(18)23(28)16-11-12-21(31-4)25(33-6)24(16)32-5/h7-12,23,27H,13-14H2,1-6H3. The lowest BCUT2D eigenvalue weighted by atomic mass is 9.73. The van der Waals surface area contributed by atoms with Crippen LogP contribution >= 0.6 is 0 Å². The summed E-state index contributed by atoms with van der Waals surface area (Å²) < 4.78 is 16.8. The molecule has 0 fully saturated rings. The van der Waals surface area contributed by atoms with E-state index < -0.39 is 6.04 Å². The fourth-order valence-electron chi connectivity index (χ4n) is 4.97. The van der Waals surface area contributed by atoms with Crippen LogP contribution in [-0.2, 0) is 9.59 Å². The van der Waals surface area contributed by atoms with E-state index in [9.17, 15) is 9.59 Å². The summed E-state index contributed by atoms with van der Waals surface area (Å²) in [6.45, 7) is 5.68. The van der Waals surface area contributed by atoms with Crippen molar-refractivity contribution in [1.82, 2.24) is 0 Å². The molecule has 0 spiro atoms. The van der Waals surface area contributed by atoms with Gasteiger partial charge in [-0.15, -0.1) is 0 Å². The number of para-hydroxylation sites is 2. The van der Waals surface area contributed by atoms with Crippen molar-refractivity contribution in [2.45, 2.75) is 39.7 Å². The van der Waals surface area contributed by atoms with Crippen molar-refractivity contribution in [2.75, 3.05) is 31.5 Å². The van der Waals surface area contributed by atoms with Crippen LogP contribution in [0.25, 0.3) is 0 Å². The van der Waals surface area contributed by atoms with E-state index in [0.29, 0.717) is 46.9 Å². The molecule has 2 aromatic rings. The summed E-state index contributed by atoms with van der Waals surface area (Å²) in [7, 11) is 4.64. The number of carbonyl (C=O) groups is 2. The predicted molar refractivity (Wildman–Crippen MR) is 127 cm³/mol. The third-order valence-corrected chi connectivity index (χ3v) is 6.27. The van der Waals surface area contributed by atoms with Gasteiger partial charge in [0.25, 0.3) is 0 Å². The first-order valence-corrected chi connectivity index (χ1v) is 10.9. The highest BCUT2D eigenvalue weighted by Gasteiger charge is 2.44. The van der Waals surface area contributed by atoms with Crippen molar-refractivity contribution in [3.05, 3.63) is 53.2 Å². The normalized spacial score (nSPS) is 19.2. The van der Waals surface area contributed by atoms with E-state index >= 15 is 0 Å². The zero-order valence-corrected chi connectivity index (χ0v) is 19.9. The highest BCUT2D eigenvalue weighted by Crippen LogP contribution is 2.52. The van der Waals surface area contributed by atoms with Gasteiger partial charge in [0, 0.05) is 30.2 Å². The second kappa shape index (κ2) is 8.46. The molecule has 1 unspecified atom stereocenters. The zero-order valence-electron chi connectivity index (χ0n) is 19.9. The molecular formula is C26H30N2O5. The van der Waals surface area contributed by atoms with Gasteiger partial charge in [-0.25, -0.2) is 0 Å². The number of carbonyl (C=O) groups excluding carboxylic acids is 2. The number of rotatable bonds is 4. The topological polar surface area (TPSA) is 77.1 Å². The summed E-state index contributed by atoms with van der Waals surface area (Å²) in [4.78, 5) is 28.5. The first-order chi connectivity index (χ1) is 15.7. The number of hydrogen-bond donors (Lipinski definition) is 1. The molecule has 1 atom stereocenters. The molecule has 0 saturated heterocycles. The first kappa shape index (κ1) is 22.7. The molecule has 1 aliphatic heterocycles. The van der Waals surface area contributed by atoms with Crippen LogP contribution in [0.15, 0.2) is 47.7 Å². The van der Waals surface area contributed by atoms with Gasteiger partial charge in [0.1, 0.15) is 0 Å². The number of ether oxygens (including phenoxy) is 3. The zero-order chi connectivity index (χ0) is 23.9. The smallest absolute Gasteiger partial charge is 0.224 e. The van der Waals surface area contributed by atoms with Gasteiger partial charge in [0.05, 0.1) is 38.7 Å². The Bertz CT molecular complexity index is 1150. The number of nitrogens with zero attached hydrogens (tertiary/aromatic N) is 1. The second-order valence-corrected chi connectivity index (χ2v) is 9.19. The minimum absolute atomic E-state index is 0.00893. The molecule has 174 valence electrons. The molecule has 1 N–H and O–H groups in total. The second-order valence-electron chi connectivity index (χ2n) is 9.19.